The van der Waals surface area contributed by atoms with Crippen LogP contribution < -0.4 is 20.1 Å². The van der Waals surface area contributed by atoms with Gasteiger partial charge in [-0.1, -0.05) is 42.5 Å². The SMILES string of the molecule is COc1cc(/C=C2/NC(=O)N(CC(=O)Nc3cccc(C)c3)C2=O)cc(Br)c1OCc1ccccc1. The molecule has 2 N–H and O–H groups in total. The van der Waals surface area contributed by atoms with Crippen molar-refractivity contribution in [3.05, 3.63) is 93.6 Å². The number of ether oxygens (including phenoxy) is 2. The summed E-state index contributed by atoms with van der Waals surface area (Å²) in [5, 5.41) is 5.23. The number of urea groups is 1. The molecule has 1 aliphatic rings. The first-order chi connectivity index (χ1) is 17.3. The number of halogens is 1. The van der Waals surface area contributed by atoms with Crippen molar-refractivity contribution in [3.63, 3.8) is 0 Å². The molecule has 1 saturated heterocycles. The Morgan fingerprint density at radius 3 is 2.58 bits per heavy atom. The van der Waals surface area contributed by atoms with Crippen molar-refractivity contribution in [1.29, 1.82) is 0 Å². The number of hydrogen-bond acceptors (Lipinski definition) is 5. The molecule has 4 rings (SSSR count). The monoisotopic (exact) mass is 549 g/mol. The lowest BCUT2D eigenvalue weighted by atomic mass is 10.1. The lowest BCUT2D eigenvalue weighted by Crippen LogP contribution is -2.38. The van der Waals surface area contributed by atoms with E-state index in [1.807, 2.05) is 49.4 Å². The molecule has 0 spiro atoms. The third-order valence-corrected chi connectivity index (χ3v) is 5.94. The average Bonchev–Trinajstić information content (AvgIpc) is 3.11. The Morgan fingerprint density at radius 2 is 1.86 bits per heavy atom. The summed E-state index contributed by atoms with van der Waals surface area (Å²) >= 11 is 3.50. The number of aryl methyl sites for hydroxylation is 1. The molecule has 0 saturated carbocycles. The largest absolute Gasteiger partial charge is 0.493 e. The number of carbonyl (C=O) groups excluding carboxylic acids is 3. The number of methoxy groups -OCH3 is 1. The van der Waals surface area contributed by atoms with Crippen molar-refractivity contribution < 1.29 is 23.9 Å². The van der Waals surface area contributed by atoms with Crippen LogP contribution >= 0.6 is 15.9 Å². The van der Waals surface area contributed by atoms with Gasteiger partial charge in [0, 0.05) is 5.69 Å². The standard InChI is InChI=1S/C27H24BrN3O5/c1-17-7-6-10-20(11-17)29-24(32)15-31-26(33)22(30-27(31)34)13-19-12-21(28)25(23(14-19)35-2)36-16-18-8-4-3-5-9-18/h3-14H,15-16H2,1-2H3,(H,29,32)(H,30,34)/b22-13+. The van der Waals surface area contributed by atoms with E-state index in [1.165, 1.54) is 13.2 Å². The molecular formula is C27H24BrN3O5. The first-order valence-corrected chi connectivity index (χ1v) is 11.9. The molecule has 9 heteroatoms. The average molecular weight is 550 g/mol. The maximum absolute atomic E-state index is 12.9. The molecule has 8 nitrogen and oxygen atoms in total. The number of benzene rings is 3. The highest BCUT2D eigenvalue weighted by molar-refractivity contribution is 9.10. The number of nitrogens with zero attached hydrogens (tertiary/aromatic N) is 1. The first kappa shape index (κ1) is 25.0. The van der Waals surface area contributed by atoms with Crippen LogP contribution in [0.1, 0.15) is 16.7 Å². The molecule has 0 unspecified atom stereocenters. The zero-order valence-electron chi connectivity index (χ0n) is 19.7. The van der Waals surface area contributed by atoms with Crippen molar-refractivity contribution in [2.75, 3.05) is 19.0 Å². The number of carbonyl (C=O) groups is 3. The second-order valence-electron chi connectivity index (χ2n) is 8.11. The summed E-state index contributed by atoms with van der Waals surface area (Å²) in [6.45, 7) is 1.85. The van der Waals surface area contributed by atoms with Crippen molar-refractivity contribution in [3.8, 4) is 11.5 Å². The van der Waals surface area contributed by atoms with E-state index >= 15 is 0 Å². The highest BCUT2D eigenvalue weighted by atomic mass is 79.9. The molecule has 0 aromatic heterocycles. The number of amides is 4. The predicted octanol–water partition coefficient (Wildman–Crippen LogP) is 4.88. The summed E-state index contributed by atoms with van der Waals surface area (Å²) in [7, 11) is 1.52. The summed E-state index contributed by atoms with van der Waals surface area (Å²) in [5.41, 5.74) is 3.22. The highest BCUT2D eigenvalue weighted by Gasteiger charge is 2.35. The number of rotatable bonds is 8. The van der Waals surface area contributed by atoms with Crippen LogP contribution in [0.4, 0.5) is 10.5 Å². The molecule has 0 atom stereocenters. The highest BCUT2D eigenvalue weighted by Crippen LogP contribution is 2.38. The van der Waals surface area contributed by atoms with Gasteiger partial charge in [-0.15, -0.1) is 0 Å². The van der Waals surface area contributed by atoms with Gasteiger partial charge in [-0.05, 0) is 69.9 Å². The van der Waals surface area contributed by atoms with Gasteiger partial charge in [-0.3, -0.25) is 9.59 Å². The summed E-state index contributed by atoms with van der Waals surface area (Å²) in [6.07, 6.45) is 1.52. The van der Waals surface area contributed by atoms with Gasteiger partial charge in [0.05, 0.1) is 11.6 Å². The van der Waals surface area contributed by atoms with Gasteiger partial charge in [0.25, 0.3) is 5.91 Å². The maximum atomic E-state index is 12.9. The quantitative estimate of drug-likeness (QED) is 0.308. The minimum atomic E-state index is -0.667. The van der Waals surface area contributed by atoms with Gasteiger partial charge < -0.3 is 20.1 Å². The summed E-state index contributed by atoms with van der Waals surface area (Å²) in [4.78, 5) is 38.6. The van der Waals surface area contributed by atoms with Crippen LogP contribution in [0.5, 0.6) is 11.5 Å². The molecule has 0 bridgehead atoms. The van der Waals surface area contributed by atoms with E-state index in [-0.39, 0.29) is 5.70 Å². The van der Waals surface area contributed by atoms with Crippen molar-refractivity contribution in [2.45, 2.75) is 13.5 Å². The molecular weight excluding hydrogens is 526 g/mol. The molecule has 1 fully saturated rings. The van der Waals surface area contributed by atoms with E-state index < -0.39 is 24.4 Å². The maximum Gasteiger partial charge on any atom is 0.329 e. The fraction of sp³-hybridized carbons (Fsp3) is 0.148. The van der Waals surface area contributed by atoms with Crippen LogP contribution in [0.3, 0.4) is 0 Å². The number of imide groups is 1. The Balaban J connectivity index is 1.47. The van der Waals surface area contributed by atoms with E-state index in [0.717, 1.165) is 16.0 Å². The van der Waals surface area contributed by atoms with Crippen LogP contribution in [0.25, 0.3) is 6.08 Å². The van der Waals surface area contributed by atoms with Crippen molar-refractivity contribution in [2.24, 2.45) is 0 Å². The smallest absolute Gasteiger partial charge is 0.329 e. The Bertz CT molecular complexity index is 1340. The Morgan fingerprint density at radius 1 is 1.08 bits per heavy atom. The van der Waals surface area contributed by atoms with Crippen LogP contribution in [0.2, 0.25) is 0 Å². The fourth-order valence-corrected chi connectivity index (χ4v) is 4.22. The molecule has 4 amide bonds. The minimum Gasteiger partial charge on any atom is -0.493 e. The lowest BCUT2D eigenvalue weighted by molar-refractivity contribution is -0.127. The molecule has 0 radical (unpaired) electrons. The van der Waals surface area contributed by atoms with Crippen LogP contribution in [-0.2, 0) is 16.2 Å². The van der Waals surface area contributed by atoms with Crippen molar-refractivity contribution >= 4 is 45.5 Å². The summed E-state index contributed by atoms with van der Waals surface area (Å²) in [5.74, 6) is -0.105. The van der Waals surface area contributed by atoms with Gasteiger partial charge in [-0.2, -0.15) is 0 Å². The summed E-state index contributed by atoms with van der Waals surface area (Å²) in [6, 6.07) is 19.7. The minimum absolute atomic E-state index is 0.0512. The Kier molecular flexibility index (Phi) is 7.70. The lowest BCUT2D eigenvalue weighted by Gasteiger charge is -2.14. The van der Waals surface area contributed by atoms with E-state index in [1.54, 1.807) is 24.3 Å². The van der Waals surface area contributed by atoms with Crippen LogP contribution in [0, 0.1) is 6.92 Å². The van der Waals surface area contributed by atoms with Gasteiger partial charge in [0.2, 0.25) is 5.91 Å². The van der Waals surface area contributed by atoms with E-state index in [2.05, 4.69) is 26.6 Å². The molecule has 1 heterocycles. The molecule has 184 valence electrons. The first-order valence-electron chi connectivity index (χ1n) is 11.1. The number of hydrogen-bond donors (Lipinski definition) is 2. The van der Waals surface area contributed by atoms with E-state index in [4.69, 9.17) is 9.47 Å². The topological polar surface area (TPSA) is 97.0 Å². The molecule has 3 aromatic carbocycles. The predicted molar refractivity (Wildman–Crippen MR) is 139 cm³/mol. The second kappa shape index (κ2) is 11.1. The second-order valence-corrected chi connectivity index (χ2v) is 8.96. The van der Waals surface area contributed by atoms with Gasteiger partial charge in [-0.25, -0.2) is 9.69 Å². The Labute approximate surface area is 217 Å². The third-order valence-electron chi connectivity index (χ3n) is 5.35. The normalized spacial score (nSPS) is 14.1. The zero-order chi connectivity index (χ0) is 25.7. The zero-order valence-corrected chi connectivity index (χ0v) is 21.3. The van der Waals surface area contributed by atoms with E-state index in [0.29, 0.717) is 33.8 Å². The molecule has 1 aliphatic heterocycles. The molecule has 3 aromatic rings. The van der Waals surface area contributed by atoms with E-state index in [9.17, 15) is 14.4 Å². The molecule has 0 aliphatic carbocycles. The summed E-state index contributed by atoms with van der Waals surface area (Å²) < 4.78 is 12.1. The van der Waals surface area contributed by atoms with Gasteiger partial charge >= 0.3 is 6.03 Å². The third kappa shape index (κ3) is 5.92. The van der Waals surface area contributed by atoms with Crippen molar-refractivity contribution in [1.82, 2.24) is 10.2 Å². The Hall–Kier alpha value is -4.11. The fourth-order valence-electron chi connectivity index (χ4n) is 3.64. The van der Waals surface area contributed by atoms with Crippen LogP contribution in [-0.4, -0.2) is 36.4 Å². The molecule has 36 heavy (non-hydrogen) atoms. The number of nitrogens with one attached hydrogen (secondary N) is 2. The van der Waals surface area contributed by atoms with Gasteiger partial charge in [0.15, 0.2) is 11.5 Å². The number of anilines is 1. The van der Waals surface area contributed by atoms with Crippen LogP contribution in [0.15, 0.2) is 76.9 Å². The van der Waals surface area contributed by atoms with Gasteiger partial charge in [0.1, 0.15) is 18.8 Å².